The van der Waals surface area contributed by atoms with Crippen molar-refractivity contribution in [3.05, 3.63) is 76.0 Å². The Morgan fingerprint density at radius 3 is 2.53 bits per heavy atom. The molecule has 0 bridgehead atoms. The molecule has 3 aromatic rings. The van der Waals surface area contributed by atoms with E-state index in [0.29, 0.717) is 28.1 Å². The van der Waals surface area contributed by atoms with Crippen molar-refractivity contribution in [1.82, 2.24) is 20.1 Å². The molecule has 166 valence electrons. The van der Waals surface area contributed by atoms with Crippen LogP contribution in [0.2, 0.25) is 0 Å². The van der Waals surface area contributed by atoms with Crippen LogP contribution in [0.3, 0.4) is 0 Å². The van der Waals surface area contributed by atoms with Crippen LogP contribution in [0, 0.1) is 6.92 Å². The maximum atomic E-state index is 12.7. The zero-order chi connectivity index (χ0) is 23.3. The lowest BCUT2D eigenvalue weighted by Gasteiger charge is -2.17. The van der Waals surface area contributed by atoms with Gasteiger partial charge in [-0.2, -0.15) is 5.10 Å². The van der Waals surface area contributed by atoms with Crippen LogP contribution in [-0.2, 0) is 23.0 Å². The first kappa shape index (κ1) is 22.7. The SMILES string of the molecule is CNc1cnn(C)c(=O)c1-c1ccc(C[C@H](NC(=O)c2cccnc2C)C(=O)OC)cc1. The number of carbonyl (C=O) groups is 2. The fourth-order valence-electron chi connectivity index (χ4n) is 3.35. The molecule has 0 saturated carbocycles. The first-order valence-electron chi connectivity index (χ1n) is 9.99. The Kier molecular flexibility index (Phi) is 6.99. The third-order valence-electron chi connectivity index (χ3n) is 5.13. The molecule has 0 spiro atoms. The van der Waals surface area contributed by atoms with E-state index >= 15 is 0 Å². The van der Waals surface area contributed by atoms with E-state index in [0.717, 1.165) is 5.56 Å². The van der Waals surface area contributed by atoms with Gasteiger partial charge in [0.15, 0.2) is 0 Å². The molecular formula is C23H25N5O4. The standard InChI is InChI=1S/C23H25N5O4/c1-14-17(6-5-11-25-14)21(29)27-18(23(31)32-4)12-15-7-9-16(10-8-15)20-19(24-2)13-26-28(3)22(20)30/h5-11,13,18,24H,12H2,1-4H3,(H,27,29)/t18-/m0/s1. The molecule has 2 aromatic heterocycles. The van der Waals surface area contributed by atoms with Crippen molar-refractivity contribution in [2.45, 2.75) is 19.4 Å². The van der Waals surface area contributed by atoms with E-state index < -0.39 is 17.9 Å². The minimum Gasteiger partial charge on any atom is -0.467 e. The second-order valence-electron chi connectivity index (χ2n) is 7.20. The number of carbonyl (C=O) groups excluding carboxylic acids is 2. The molecule has 3 rings (SSSR count). The molecule has 1 atom stereocenters. The number of nitrogens with zero attached hydrogens (tertiary/aromatic N) is 3. The van der Waals surface area contributed by atoms with Crippen molar-refractivity contribution in [3.8, 4) is 11.1 Å². The zero-order valence-electron chi connectivity index (χ0n) is 18.4. The van der Waals surface area contributed by atoms with Crippen molar-refractivity contribution in [1.29, 1.82) is 0 Å². The van der Waals surface area contributed by atoms with Gasteiger partial charge in [-0.25, -0.2) is 9.48 Å². The number of methoxy groups -OCH3 is 1. The Balaban J connectivity index is 1.84. The predicted molar refractivity (Wildman–Crippen MR) is 120 cm³/mol. The molecule has 0 aliphatic heterocycles. The molecule has 0 aliphatic rings. The number of aryl methyl sites for hydroxylation is 2. The molecule has 0 radical (unpaired) electrons. The van der Waals surface area contributed by atoms with Crippen LogP contribution in [0.15, 0.2) is 53.6 Å². The van der Waals surface area contributed by atoms with Crippen LogP contribution >= 0.6 is 0 Å². The van der Waals surface area contributed by atoms with Gasteiger partial charge in [0.05, 0.1) is 30.1 Å². The predicted octanol–water partition coefficient (Wildman–Crippen LogP) is 1.71. The highest BCUT2D eigenvalue weighted by atomic mass is 16.5. The Morgan fingerprint density at radius 1 is 1.19 bits per heavy atom. The molecule has 0 fully saturated rings. The number of ether oxygens (including phenoxy) is 1. The summed E-state index contributed by atoms with van der Waals surface area (Å²) in [6, 6.07) is 9.66. The van der Waals surface area contributed by atoms with E-state index in [2.05, 4.69) is 20.7 Å². The fraction of sp³-hybridized carbons (Fsp3) is 0.261. The summed E-state index contributed by atoms with van der Waals surface area (Å²) in [5, 5.41) is 9.74. The number of amides is 1. The van der Waals surface area contributed by atoms with Gasteiger partial charge in [-0.1, -0.05) is 24.3 Å². The molecule has 9 nitrogen and oxygen atoms in total. The number of anilines is 1. The summed E-state index contributed by atoms with van der Waals surface area (Å²) in [6.07, 6.45) is 3.42. The normalized spacial score (nSPS) is 11.5. The average molecular weight is 435 g/mol. The minimum absolute atomic E-state index is 0.226. The number of hydrogen-bond acceptors (Lipinski definition) is 7. The third kappa shape index (κ3) is 4.83. The van der Waals surface area contributed by atoms with E-state index in [-0.39, 0.29) is 12.0 Å². The van der Waals surface area contributed by atoms with Crippen molar-refractivity contribution < 1.29 is 14.3 Å². The van der Waals surface area contributed by atoms with Gasteiger partial charge in [-0.3, -0.25) is 14.6 Å². The van der Waals surface area contributed by atoms with Crippen LogP contribution in [0.1, 0.15) is 21.6 Å². The van der Waals surface area contributed by atoms with E-state index in [9.17, 15) is 14.4 Å². The number of esters is 1. The number of rotatable bonds is 7. The largest absolute Gasteiger partial charge is 0.467 e. The van der Waals surface area contributed by atoms with Crippen molar-refractivity contribution in [2.24, 2.45) is 7.05 Å². The molecule has 2 N–H and O–H groups in total. The van der Waals surface area contributed by atoms with Crippen LogP contribution < -0.4 is 16.2 Å². The number of aromatic nitrogens is 3. The molecule has 1 amide bonds. The highest BCUT2D eigenvalue weighted by Crippen LogP contribution is 2.24. The number of benzene rings is 1. The maximum absolute atomic E-state index is 12.7. The van der Waals surface area contributed by atoms with Gasteiger partial charge in [0, 0.05) is 32.4 Å². The molecule has 9 heteroatoms. The fourth-order valence-corrected chi connectivity index (χ4v) is 3.35. The molecule has 0 unspecified atom stereocenters. The highest BCUT2D eigenvalue weighted by Gasteiger charge is 2.23. The molecular weight excluding hydrogens is 410 g/mol. The first-order valence-corrected chi connectivity index (χ1v) is 9.99. The molecule has 0 saturated heterocycles. The lowest BCUT2D eigenvalue weighted by atomic mass is 10.0. The Hall–Kier alpha value is -4.01. The minimum atomic E-state index is -0.875. The Labute approximate surface area is 185 Å². The second kappa shape index (κ2) is 9.86. The topological polar surface area (TPSA) is 115 Å². The first-order chi connectivity index (χ1) is 15.3. The van der Waals surface area contributed by atoms with Gasteiger partial charge >= 0.3 is 5.97 Å². The highest BCUT2D eigenvalue weighted by molar-refractivity contribution is 5.97. The maximum Gasteiger partial charge on any atom is 0.328 e. The average Bonchev–Trinajstić information content (AvgIpc) is 2.80. The van der Waals surface area contributed by atoms with Gasteiger partial charge in [-0.05, 0) is 30.2 Å². The Bertz CT molecular complexity index is 1190. The second-order valence-corrected chi connectivity index (χ2v) is 7.20. The monoisotopic (exact) mass is 435 g/mol. The van der Waals surface area contributed by atoms with Gasteiger partial charge in [0.25, 0.3) is 11.5 Å². The lowest BCUT2D eigenvalue weighted by Crippen LogP contribution is -2.43. The summed E-state index contributed by atoms with van der Waals surface area (Å²) in [4.78, 5) is 41.6. The number of hydrogen-bond donors (Lipinski definition) is 2. The number of nitrogens with one attached hydrogen (secondary N) is 2. The van der Waals surface area contributed by atoms with Crippen molar-refractivity contribution in [3.63, 3.8) is 0 Å². The summed E-state index contributed by atoms with van der Waals surface area (Å²) >= 11 is 0. The van der Waals surface area contributed by atoms with Crippen molar-refractivity contribution >= 4 is 17.6 Å². The molecule has 32 heavy (non-hydrogen) atoms. The smallest absolute Gasteiger partial charge is 0.328 e. The lowest BCUT2D eigenvalue weighted by molar-refractivity contribution is -0.142. The van der Waals surface area contributed by atoms with Gasteiger partial charge in [0.1, 0.15) is 6.04 Å². The van der Waals surface area contributed by atoms with E-state index in [1.165, 1.54) is 11.8 Å². The van der Waals surface area contributed by atoms with Gasteiger partial charge < -0.3 is 15.4 Å². The van der Waals surface area contributed by atoms with E-state index in [1.807, 2.05) is 12.1 Å². The number of pyridine rings is 1. The van der Waals surface area contributed by atoms with Crippen LogP contribution in [-0.4, -0.2) is 46.8 Å². The Morgan fingerprint density at radius 2 is 1.91 bits per heavy atom. The van der Waals surface area contributed by atoms with Crippen molar-refractivity contribution in [2.75, 3.05) is 19.5 Å². The summed E-state index contributed by atoms with van der Waals surface area (Å²) in [5.41, 5.74) is 3.36. The summed E-state index contributed by atoms with van der Waals surface area (Å²) < 4.78 is 6.15. The zero-order valence-corrected chi connectivity index (χ0v) is 18.4. The van der Waals surface area contributed by atoms with Crippen LogP contribution in [0.5, 0.6) is 0 Å². The summed E-state index contributed by atoms with van der Waals surface area (Å²) in [7, 11) is 4.59. The molecule has 1 aromatic carbocycles. The van der Waals surface area contributed by atoms with Crippen LogP contribution in [0.25, 0.3) is 11.1 Å². The van der Waals surface area contributed by atoms with E-state index in [1.54, 1.807) is 57.7 Å². The summed E-state index contributed by atoms with van der Waals surface area (Å²) in [5.74, 6) is -0.953. The van der Waals surface area contributed by atoms with E-state index in [4.69, 9.17) is 4.74 Å². The molecule has 2 heterocycles. The third-order valence-corrected chi connectivity index (χ3v) is 5.13. The van der Waals surface area contributed by atoms with Gasteiger partial charge in [0.2, 0.25) is 0 Å². The van der Waals surface area contributed by atoms with Gasteiger partial charge in [-0.15, -0.1) is 0 Å². The molecule has 0 aliphatic carbocycles. The summed E-state index contributed by atoms with van der Waals surface area (Å²) in [6.45, 7) is 1.73. The quantitative estimate of drug-likeness (QED) is 0.543. The van der Waals surface area contributed by atoms with Crippen LogP contribution in [0.4, 0.5) is 5.69 Å².